The molecule has 1 atom stereocenters. The molecule has 0 amide bonds. The van der Waals surface area contributed by atoms with Crippen molar-refractivity contribution in [1.82, 2.24) is 9.88 Å². The van der Waals surface area contributed by atoms with Crippen LogP contribution in [0.15, 0.2) is 54.9 Å². The van der Waals surface area contributed by atoms with Crippen LogP contribution >= 0.6 is 0 Å². The lowest BCUT2D eigenvalue weighted by Gasteiger charge is -2.30. The summed E-state index contributed by atoms with van der Waals surface area (Å²) in [6.45, 7) is 0.813. The Labute approximate surface area is 114 Å². The molecule has 1 unspecified atom stereocenters. The van der Waals surface area contributed by atoms with Crippen molar-refractivity contribution in [2.24, 2.45) is 0 Å². The SMILES string of the molecule is CN(C)CCC(O)(c1ccccc1)c1ccncc1. The third-order valence-corrected chi connectivity index (χ3v) is 3.33. The molecule has 1 aromatic heterocycles. The Hall–Kier alpha value is -1.71. The second-order valence-corrected chi connectivity index (χ2v) is 5.02. The van der Waals surface area contributed by atoms with E-state index in [1.165, 1.54) is 0 Å². The molecule has 0 fully saturated rings. The van der Waals surface area contributed by atoms with Crippen LogP contribution in [0.5, 0.6) is 0 Å². The van der Waals surface area contributed by atoms with Crippen LogP contribution in [-0.2, 0) is 5.60 Å². The van der Waals surface area contributed by atoms with Gasteiger partial charge >= 0.3 is 0 Å². The molecule has 100 valence electrons. The topological polar surface area (TPSA) is 36.4 Å². The number of rotatable bonds is 5. The number of aromatic nitrogens is 1. The zero-order valence-electron chi connectivity index (χ0n) is 11.5. The van der Waals surface area contributed by atoms with Crippen molar-refractivity contribution in [3.05, 3.63) is 66.0 Å². The van der Waals surface area contributed by atoms with Gasteiger partial charge in [-0.05, 0) is 43.8 Å². The minimum Gasteiger partial charge on any atom is -0.380 e. The van der Waals surface area contributed by atoms with Crippen molar-refractivity contribution in [1.29, 1.82) is 0 Å². The Morgan fingerprint density at radius 2 is 1.58 bits per heavy atom. The second kappa shape index (κ2) is 5.95. The van der Waals surface area contributed by atoms with E-state index in [4.69, 9.17) is 0 Å². The number of benzene rings is 1. The number of aliphatic hydroxyl groups is 1. The van der Waals surface area contributed by atoms with Gasteiger partial charge in [-0.3, -0.25) is 4.98 Å². The zero-order valence-corrected chi connectivity index (χ0v) is 11.5. The van der Waals surface area contributed by atoms with E-state index >= 15 is 0 Å². The maximum absolute atomic E-state index is 11.1. The highest BCUT2D eigenvalue weighted by atomic mass is 16.3. The lowest BCUT2D eigenvalue weighted by molar-refractivity contribution is 0.0628. The van der Waals surface area contributed by atoms with Crippen molar-refractivity contribution in [2.75, 3.05) is 20.6 Å². The Balaban J connectivity index is 2.39. The minimum atomic E-state index is -0.964. The summed E-state index contributed by atoms with van der Waals surface area (Å²) in [5.41, 5.74) is 0.840. The highest BCUT2D eigenvalue weighted by Crippen LogP contribution is 2.32. The van der Waals surface area contributed by atoms with E-state index in [0.717, 1.165) is 17.7 Å². The average molecular weight is 256 g/mol. The summed E-state index contributed by atoms with van der Waals surface area (Å²) in [5, 5.41) is 11.1. The van der Waals surface area contributed by atoms with Gasteiger partial charge in [-0.15, -0.1) is 0 Å². The molecular formula is C16H20N2O. The molecule has 0 aliphatic heterocycles. The quantitative estimate of drug-likeness (QED) is 0.891. The van der Waals surface area contributed by atoms with Crippen molar-refractivity contribution < 1.29 is 5.11 Å². The molecule has 1 aromatic carbocycles. The maximum atomic E-state index is 11.1. The van der Waals surface area contributed by atoms with E-state index in [-0.39, 0.29) is 0 Å². The Morgan fingerprint density at radius 3 is 2.16 bits per heavy atom. The summed E-state index contributed by atoms with van der Waals surface area (Å²) < 4.78 is 0. The second-order valence-electron chi connectivity index (χ2n) is 5.02. The highest BCUT2D eigenvalue weighted by molar-refractivity contribution is 5.34. The largest absolute Gasteiger partial charge is 0.380 e. The average Bonchev–Trinajstić information content (AvgIpc) is 2.46. The molecule has 0 radical (unpaired) electrons. The van der Waals surface area contributed by atoms with Crippen LogP contribution < -0.4 is 0 Å². The Bertz CT molecular complexity index is 457. The summed E-state index contributed by atoms with van der Waals surface area (Å²) in [7, 11) is 4.02. The predicted molar refractivity (Wildman–Crippen MR) is 76.8 cm³/mol. The third kappa shape index (κ3) is 3.19. The van der Waals surface area contributed by atoms with Gasteiger partial charge in [0.1, 0.15) is 5.60 Å². The first kappa shape index (κ1) is 13.7. The van der Waals surface area contributed by atoms with Crippen LogP contribution in [0, 0.1) is 0 Å². The van der Waals surface area contributed by atoms with Crippen LogP contribution in [0.2, 0.25) is 0 Å². The molecule has 1 N–H and O–H groups in total. The first-order chi connectivity index (χ1) is 9.13. The maximum Gasteiger partial charge on any atom is 0.116 e. The van der Waals surface area contributed by atoms with Gasteiger partial charge in [0.05, 0.1) is 0 Å². The van der Waals surface area contributed by atoms with Gasteiger partial charge < -0.3 is 10.0 Å². The van der Waals surface area contributed by atoms with Crippen LogP contribution in [0.4, 0.5) is 0 Å². The summed E-state index contributed by atoms with van der Waals surface area (Å²) in [5.74, 6) is 0. The van der Waals surface area contributed by atoms with Gasteiger partial charge in [-0.1, -0.05) is 30.3 Å². The molecule has 2 aromatic rings. The molecule has 19 heavy (non-hydrogen) atoms. The zero-order chi connectivity index (χ0) is 13.7. The van der Waals surface area contributed by atoms with Crippen molar-refractivity contribution >= 4 is 0 Å². The van der Waals surface area contributed by atoms with E-state index in [2.05, 4.69) is 9.88 Å². The van der Waals surface area contributed by atoms with Gasteiger partial charge in [0.25, 0.3) is 0 Å². The molecular weight excluding hydrogens is 236 g/mol. The number of nitrogens with zero attached hydrogens (tertiary/aromatic N) is 2. The summed E-state index contributed by atoms with van der Waals surface area (Å²) in [6.07, 6.45) is 4.09. The van der Waals surface area contributed by atoms with E-state index < -0.39 is 5.60 Å². The van der Waals surface area contributed by atoms with Crippen LogP contribution in [-0.4, -0.2) is 35.6 Å². The molecule has 3 nitrogen and oxygen atoms in total. The minimum absolute atomic E-state index is 0.647. The number of hydrogen-bond donors (Lipinski definition) is 1. The molecule has 0 spiro atoms. The number of hydrogen-bond acceptors (Lipinski definition) is 3. The molecule has 0 aliphatic carbocycles. The molecule has 2 rings (SSSR count). The van der Waals surface area contributed by atoms with Gasteiger partial charge in [-0.25, -0.2) is 0 Å². The third-order valence-electron chi connectivity index (χ3n) is 3.33. The summed E-state index contributed by atoms with van der Waals surface area (Å²) >= 11 is 0. The lowest BCUT2D eigenvalue weighted by Crippen LogP contribution is -2.31. The lowest BCUT2D eigenvalue weighted by atomic mass is 9.84. The fourth-order valence-electron chi connectivity index (χ4n) is 2.18. The summed E-state index contributed by atoms with van der Waals surface area (Å²) in [4.78, 5) is 6.10. The Kier molecular flexibility index (Phi) is 4.30. The van der Waals surface area contributed by atoms with Crippen molar-refractivity contribution in [3.63, 3.8) is 0 Å². The highest BCUT2D eigenvalue weighted by Gasteiger charge is 2.31. The van der Waals surface area contributed by atoms with E-state index in [1.807, 2.05) is 56.6 Å². The van der Waals surface area contributed by atoms with Crippen molar-refractivity contribution in [2.45, 2.75) is 12.0 Å². The molecule has 0 saturated carbocycles. The molecule has 0 saturated heterocycles. The van der Waals surface area contributed by atoms with Crippen LogP contribution in [0.3, 0.4) is 0 Å². The van der Waals surface area contributed by atoms with Gasteiger partial charge in [0, 0.05) is 18.9 Å². The summed E-state index contributed by atoms with van der Waals surface area (Å²) in [6, 6.07) is 13.6. The fraction of sp³-hybridized carbons (Fsp3) is 0.312. The normalized spacial score (nSPS) is 14.3. The van der Waals surface area contributed by atoms with E-state index in [9.17, 15) is 5.11 Å². The Morgan fingerprint density at radius 1 is 1.00 bits per heavy atom. The standard InChI is InChI=1S/C16H20N2O/c1-18(2)13-10-16(19,14-6-4-3-5-7-14)15-8-11-17-12-9-15/h3-9,11-12,19H,10,13H2,1-2H3. The van der Waals surface area contributed by atoms with Gasteiger partial charge in [0.2, 0.25) is 0 Å². The van der Waals surface area contributed by atoms with Crippen LogP contribution in [0.25, 0.3) is 0 Å². The molecule has 1 heterocycles. The van der Waals surface area contributed by atoms with Gasteiger partial charge in [-0.2, -0.15) is 0 Å². The van der Waals surface area contributed by atoms with Gasteiger partial charge in [0.15, 0.2) is 0 Å². The van der Waals surface area contributed by atoms with E-state index in [1.54, 1.807) is 12.4 Å². The predicted octanol–water partition coefficient (Wildman–Crippen LogP) is 2.27. The smallest absolute Gasteiger partial charge is 0.116 e. The first-order valence-electron chi connectivity index (χ1n) is 6.46. The van der Waals surface area contributed by atoms with Crippen molar-refractivity contribution in [3.8, 4) is 0 Å². The fourth-order valence-corrected chi connectivity index (χ4v) is 2.18. The molecule has 0 aliphatic rings. The van der Waals surface area contributed by atoms with E-state index in [0.29, 0.717) is 6.42 Å². The first-order valence-corrected chi connectivity index (χ1v) is 6.46. The molecule has 3 heteroatoms. The van der Waals surface area contributed by atoms with Crippen LogP contribution in [0.1, 0.15) is 17.5 Å². The molecule has 0 bridgehead atoms. The monoisotopic (exact) mass is 256 g/mol. The number of pyridine rings is 1.